The van der Waals surface area contributed by atoms with Crippen LogP contribution in [0.3, 0.4) is 0 Å². The fraction of sp³-hybridized carbons (Fsp3) is 1.00. The van der Waals surface area contributed by atoms with Gasteiger partial charge in [0, 0.05) is 11.5 Å². The van der Waals surface area contributed by atoms with Gasteiger partial charge in [0.25, 0.3) is 0 Å². The van der Waals surface area contributed by atoms with Crippen molar-refractivity contribution in [3.05, 3.63) is 0 Å². The highest BCUT2D eigenvalue weighted by atomic mass is 32.2. The van der Waals surface area contributed by atoms with Crippen molar-refractivity contribution >= 4 is 23.5 Å². The van der Waals surface area contributed by atoms with E-state index in [4.69, 9.17) is 0 Å². The minimum atomic E-state index is 0.852. The molecule has 2 bridgehead atoms. The Hall–Kier alpha value is 0.660. The van der Waals surface area contributed by atoms with Crippen LogP contribution >= 0.6 is 23.5 Å². The van der Waals surface area contributed by atoms with Crippen molar-refractivity contribution in [2.75, 3.05) is 18.6 Å². The second kappa shape index (κ2) is 1.82. The van der Waals surface area contributed by atoms with Crippen LogP contribution in [0.15, 0.2) is 0 Å². The molecule has 2 fully saturated rings. The zero-order valence-electron chi connectivity index (χ0n) is 4.83. The summed E-state index contributed by atoms with van der Waals surface area (Å²) in [7, 11) is 2.23. The van der Waals surface area contributed by atoms with Gasteiger partial charge in [0.05, 0.1) is 10.7 Å². The first-order valence-corrected chi connectivity index (χ1v) is 4.93. The summed E-state index contributed by atoms with van der Waals surface area (Å²) in [6, 6.07) is 0. The minimum absolute atomic E-state index is 0.852. The number of hydrogen-bond acceptors (Lipinski definition) is 3. The van der Waals surface area contributed by atoms with Gasteiger partial charge in [-0.05, 0) is 7.05 Å². The molecule has 0 N–H and O–H groups in total. The molecule has 2 aliphatic rings. The summed E-state index contributed by atoms with van der Waals surface area (Å²) in [4.78, 5) is 2.48. The van der Waals surface area contributed by atoms with E-state index in [9.17, 15) is 0 Å². The van der Waals surface area contributed by atoms with E-state index < -0.39 is 0 Å². The zero-order valence-corrected chi connectivity index (χ0v) is 6.47. The van der Waals surface area contributed by atoms with Crippen molar-refractivity contribution in [1.29, 1.82) is 0 Å². The van der Waals surface area contributed by atoms with Crippen LogP contribution < -0.4 is 0 Å². The van der Waals surface area contributed by atoms with E-state index in [1.54, 1.807) is 0 Å². The molecule has 2 rings (SSSR count). The summed E-state index contributed by atoms with van der Waals surface area (Å²) in [5, 5.41) is 1.70. The van der Waals surface area contributed by atoms with Gasteiger partial charge in [-0.2, -0.15) is 0 Å². The van der Waals surface area contributed by atoms with Gasteiger partial charge in [-0.15, -0.1) is 23.5 Å². The molecule has 0 spiro atoms. The molecule has 2 aliphatic heterocycles. The summed E-state index contributed by atoms with van der Waals surface area (Å²) in [5.74, 6) is 2.71. The lowest BCUT2D eigenvalue weighted by Gasteiger charge is -2.09. The first-order chi connectivity index (χ1) is 3.88. The molecule has 0 aliphatic carbocycles. The summed E-state index contributed by atoms with van der Waals surface area (Å²) in [6.07, 6.45) is 0. The Balaban J connectivity index is 2.16. The Morgan fingerprint density at radius 2 is 1.75 bits per heavy atom. The van der Waals surface area contributed by atoms with Crippen molar-refractivity contribution < 1.29 is 0 Å². The molecule has 0 saturated carbocycles. The third-order valence-corrected chi connectivity index (χ3v) is 4.98. The van der Waals surface area contributed by atoms with Crippen LogP contribution in [0.5, 0.6) is 0 Å². The number of rotatable bonds is 0. The molecule has 3 heteroatoms. The quantitative estimate of drug-likeness (QED) is 0.504. The van der Waals surface area contributed by atoms with Crippen LogP contribution in [-0.4, -0.2) is 34.2 Å². The first kappa shape index (κ1) is 5.45. The molecule has 0 aromatic carbocycles. The van der Waals surface area contributed by atoms with Crippen LogP contribution in [0.4, 0.5) is 0 Å². The van der Waals surface area contributed by atoms with Crippen molar-refractivity contribution in [2.24, 2.45) is 0 Å². The summed E-state index contributed by atoms with van der Waals surface area (Å²) < 4.78 is 0. The van der Waals surface area contributed by atoms with E-state index in [1.165, 1.54) is 11.5 Å². The molecule has 2 heterocycles. The van der Waals surface area contributed by atoms with Gasteiger partial charge in [0.1, 0.15) is 0 Å². The second-order valence-electron chi connectivity index (χ2n) is 2.24. The summed E-state index contributed by atoms with van der Waals surface area (Å²) in [6.45, 7) is 0. The number of fused-ring (bicyclic) bond motifs is 2. The third kappa shape index (κ3) is 0.613. The maximum Gasteiger partial charge on any atom is 0.0656 e. The Bertz CT molecular complexity index is 86.6. The highest BCUT2D eigenvalue weighted by Gasteiger charge is 2.37. The summed E-state index contributed by atoms with van der Waals surface area (Å²) >= 11 is 4.21. The predicted molar refractivity (Wildman–Crippen MR) is 40.3 cm³/mol. The fourth-order valence-electron chi connectivity index (χ4n) is 1.14. The topological polar surface area (TPSA) is 3.24 Å². The monoisotopic (exact) mass is 147 g/mol. The van der Waals surface area contributed by atoms with Gasteiger partial charge in [-0.25, -0.2) is 0 Å². The van der Waals surface area contributed by atoms with Gasteiger partial charge >= 0.3 is 0 Å². The van der Waals surface area contributed by atoms with Crippen molar-refractivity contribution in [2.45, 2.75) is 10.7 Å². The van der Waals surface area contributed by atoms with Gasteiger partial charge in [0.15, 0.2) is 0 Å². The average molecular weight is 147 g/mol. The van der Waals surface area contributed by atoms with E-state index in [-0.39, 0.29) is 0 Å². The molecule has 0 aromatic heterocycles. The van der Waals surface area contributed by atoms with E-state index in [1.807, 2.05) is 0 Å². The molecule has 2 unspecified atom stereocenters. The highest BCUT2D eigenvalue weighted by molar-refractivity contribution is 8.07. The Labute approximate surface area is 58.2 Å². The smallest absolute Gasteiger partial charge is 0.0656 e. The van der Waals surface area contributed by atoms with E-state index >= 15 is 0 Å². The minimum Gasteiger partial charge on any atom is -0.281 e. The predicted octanol–water partition coefficient (Wildman–Crippen LogP) is 1.06. The second-order valence-corrected chi connectivity index (χ2v) is 4.66. The van der Waals surface area contributed by atoms with Crippen molar-refractivity contribution in [1.82, 2.24) is 4.90 Å². The molecule has 1 nitrogen and oxygen atoms in total. The lowest BCUT2D eigenvalue weighted by atomic mass is 10.6. The molecule has 2 saturated heterocycles. The zero-order chi connectivity index (χ0) is 5.56. The van der Waals surface area contributed by atoms with Gasteiger partial charge < -0.3 is 0 Å². The standard InChI is InChI=1S/C5H9NS2/c1-6-4-2-7-5(6)3-8-4/h4-5H,2-3H2,1H3. The van der Waals surface area contributed by atoms with Gasteiger partial charge in [-0.1, -0.05) is 0 Å². The Morgan fingerprint density at radius 3 is 1.88 bits per heavy atom. The van der Waals surface area contributed by atoms with Crippen LogP contribution in [0, 0.1) is 0 Å². The van der Waals surface area contributed by atoms with Crippen LogP contribution in [0.25, 0.3) is 0 Å². The Morgan fingerprint density at radius 1 is 1.25 bits per heavy atom. The van der Waals surface area contributed by atoms with Crippen LogP contribution in [-0.2, 0) is 0 Å². The molecule has 8 heavy (non-hydrogen) atoms. The molecule has 0 radical (unpaired) electrons. The van der Waals surface area contributed by atoms with E-state index in [0.29, 0.717) is 0 Å². The van der Waals surface area contributed by atoms with E-state index in [0.717, 1.165) is 10.7 Å². The number of nitrogens with zero attached hydrogens (tertiary/aromatic N) is 1. The lowest BCUT2D eigenvalue weighted by Crippen LogP contribution is -2.22. The molecular weight excluding hydrogens is 138 g/mol. The van der Waals surface area contributed by atoms with Gasteiger partial charge in [-0.3, -0.25) is 4.90 Å². The SMILES string of the molecule is CN1C2CSC1CS2. The third-order valence-electron chi connectivity index (χ3n) is 1.77. The summed E-state index contributed by atoms with van der Waals surface area (Å²) in [5.41, 5.74) is 0. The number of thioether (sulfide) groups is 2. The Kier molecular flexibility index (Phi) is 1.24. The average Bonchev–Trinajstić information content (AvgIpc) is 2.29. The lowest BCUT2D eigenvalue weighted by molar-refractivity contribution is 0.367. The van der Waals surface area contributed by atoms with Crippen LogP contribution in [0.1, 0.15) is 0 Å². The van der Waals surface area contributed by atoms with E-state index in [2.05, 4.69) is 35.5 Å². The molecule has 0 amide bonds. The van der Waals surface area contributed by atoms with Crippen molar-refractivity contribution in [3.63, 3.8) is 0 Å². The number of hydrogen-bond donors (Lipinski definition) is 0. The van der Waals surface area contributed by atoms with Gasteiger partial charge in [0.2, 0.25) is 0 Å². The molecule has 2 atom stereocenters. The van der Waals surface area contributed by atoms with Crippen molar-refractivity contribution in [3.8, 4) is 0 Å². The maximum atomic E-state index is 2.48. The molecule has 0 aromatic rings. The van der Waals surface area contributed by atoms with Crippen LogP contribution in [0.2, 0.25) is 0 Å². The molecular formula is C5H9NS2. The normalized spacial score (nSPS) is 46.1. The maximum absolute atomic E-state index is 2.48. The fourth-order valence-corrected chi connectivity index (χ4v) is 4.46. The highest BCUT2D eigenvalue weighted by Crippen LogP contribution is 2.42. The first-order valence-electron chi connectivity index (χ1n) is 2.83. The largest absolute Gasteiger partial charge is 0.281 e. The molecule has 46 valence electrons.